The van der Waals surface area contributed by atoms with Crippen LogP contribution in [0.15, 0.2) is 47.5 Å². The summed E-state index contributed by atoms with van der Waals surface area (Å²) in [7, 11) is 0. The highest BCUT2D eigenvalue weighted by atomic mass is 32.2. The summed E-state index contributed by atoms with van der Waals surface area (Å²) >= 11 is 1.54. The van der Waals surface area contributed by atoms with Crippen molar-refractivity contribution in [1.29, 1.82) is 0 Å². The molecule has 1 atom stereocenters. The minimum Gasteiger partial charge on any atom is -0.325 e. The van der Waals surface area contributed by atoms with E-state index < -0.39 is 0 Å². The van der Waals surface area contributed by atoms with Crippen LogP contribution in [0, 0.1) is 27.7 Å². The normalized spacial score (nSPS) is 12.2. The van der Waals surface area contributed by atoms with Gasteiger partial charge >= 0.3 is 0 Å². The van der Waals surface area contributed by atoms with Gasteiger partial charge in [-0.1, -0.05) is 43.0 Å². The van der Waals surface area contributed by atoms with E-state index in [9.17, 15) is 4.79 Å². The number of hydrogen-bond acceptors (Lipinski definition) is 3. The van der Waals surface area contributed by atoms with E-state index in [1.54, 1.807) is 0 Å². The Labute approximate surface area is 165 Å². The standard InChI is InChI=1S/C23H26N2OS/c1-6-20(23(26)24-18-11-10-14(2)16(4)12-18)27-21-13-17(5)19-9-7-8-15(3)22(19)25-21/h7-13,20H,6H2,1-5H3,(H,24,26). The SMILES string of the molecule is CCC(Sc1cc(C)c2cccc(C)c2n1)C(=O)Nc1ccc(C)c(C)c1. The zero-order valence-corrected chi connectivity index (χ0v) is 17.4. The summed E-state index contributed by atoms with van der Waals surface area (Å²) < 4.78 is 0. The van der Waals surface area contributed by atoms with Crippen LogP contribution < -0.4 is 5.32 Å². The molecule has 0 spiro atoms. The quantitative estimate of drug-likeness (QED) is 0.556. The highest BCUT2D eigenvalue weighted by Crippen LogP contribution is 2.30. The summed E-state index contributed by atoms with van der Waals surface area (Å²) in [5, 5.41) is 4.95. The number of aromatic nitrogens is 1. The Morgan fingerprint density at radius 3 is 2.48 bits per heavy atom. The van der Waals surface area contributed by atoms with Gasteiger partial charge in [-0.3, -0.25) is 4.79 Å². The number of anilines is 1. The summed E-state index contributed by atoms with van der Waals surface area (Å²) in [5.41, 5.74) is 6.61. The van der Waals surface area contributed by atoms with Crippen molar-refractivity contribution in [2.45, 2.75) is 51.3 Å². The number of nitrogens with zero attached hydrogens (tertiary/aromatic N) is 1. The first-order valence-electron chi connectivity index (χ1n) is 9.30. The summed E-state index contributed by atoms with van der Waals surface area (Å²) in [6, 6.07) is 14.3. The van der Waals surface area contributed by atoms with Crippen LogP contribution in [0.25, 0.3) is 10.9 Å². The largest absolute Gasteiger partial charge is 0.325 e. The molecule has 1 heterocycles. The maximum Gasteiger partial charge on any atom is 0.237 e. The third-order valence-electron chi connectivity index (χ3n) is 4.93. The fraction of sp³-hybridized carbons (Fsp3) is 0.304. The summed E-state index contributed by atoms with van der Waals surface area (Å²) in [6.45, 7) is 10.3. The van der Waals surface area contributed by atoms with Gasteiger partial charge in [0.2, 0.25) is 5.91 Å². The first kappa shape index (κ1) is 19.4. The molecule has 0 saturated carbocycles. The van der Waals surface area contributed by atoms with Crippen molar-refractivity contribution in [1.82, 2.24) is 4.98 Å². The molecule has 0 aliphatic rings. The average Bonchev–Trinajstić information content (AvgIpc) is 2.63. The van der Waals surface area contributed by atoms with Crippen LogP contribution in [0.4, 0.5) is 5.69 Å². The molecule has 1 unspecified atom stereocenters. The number of aryl methyl sites for hydroxylation is 4. The Morgan fingerprint density at radius 1 is 1.00 bits per heavy atom. The van der Waals surface area contributed by atoms with E-state index in [4.69, 9.17) is 4.98 Å². The molecule has 0 saturated heterocycles. The van der Waals surface area contributed by atoms with Crippen molar-refractivity contribution in [2.75, 3.05) is 5.32 Å². The van der Waals surface area contributed by atoms with Gasteiger partial charge in [-0.15, -0.1) is 0 Å². The van der Waals surface area contributed by atoms with Gasteiger partial charge in [0, 0.05) is 11.1 Å². The third kappa shape index (κ3) is 4.33. The van der Waals surface area contributed by atoms with E-state index >= 15 is 0 Å². The number of amides is 1. The van der Waals surface area contributed by atoms with Crippen molar-refractivity contribution in [2.24, 2.45) is 0 Å². The molecule has 0 aliphatic heterocycles. The molecule has 27 heavy (non-hydrogen) atoms. The van der Waals surface area contributed by atoms with Crippen LogP contribution in [0.3, 0.4) is 0 Å². The van der Waals surface area contributed by atoms with Crippen molar-refractivity contribution in [3.05, 3.63) is 64.7 Å². The summed E-state index contributed by atoms with van der Waals surface area (Å²) in [6.07, 6.45) is 0.744. The second-order valence-electron chi connectivity index (χ2n) is 7.05. The van der Waals surface area contributed by atoms with Crippen LogP contribution in [0.5, 0.6) is 0 Å². The Morgan fingerprint density at radius 2 is 1.78 bits per heavy atom. The van der Waals surface area contributed by atoms with Gasteiger partial charge in [0.05, 0.1) is 15.8 Å². The molecule has 3 aromatic rings. The fourth-order valence-corrected chi connectivity index (χ4v) is 4.11. The third-order valence-corrected chi connectivity index (χ3v) is 6.21. The molecule has 0 radical (unpaired) electrons. The minimum atomic E-state index is -0.181. The van der Waals surface area contributed by atoms with E-state index in [-0.39, 0.29) is 11.2 Å². The molecule has 140 valence electrons. The van der Waals surface area contributed by atoms with Gasteiger partial charge in [-0.25, -0.2) is 4.98 Å². The minimum absolute atomic E-state index is 0.0232. The Kier molecular flexibility index (Phi) is 5.85. The average molecular weight is 379 g/mol. The number of pyridine rings is 1. The lowest BCUT2D eigenvalue weighted by Gasteiger charge is -2.16. The van der Waals surface area contributed by atoms with Gasteiger partial charge in [-0.2, -0.15) is 0 Å². The second kappa shape index (κ2) is 8.13. The molecule has 3 rings (SSSR count). The second-order valence-corrected chi connectivity index (χ2v) is 8.27. The topological polar surface area (TPSA) is 42.0 Å². The Balaban J connectivity index is 1.82. The maximum absolute atomic E-state index is 12.8. The molecule has 1 aromatic heterocycles. The Bertz CT molecular complexity index is 997. The Hall–Kier alpha value is -2.33. The van der Waals surface area contributed by atoms with Crippen LogP contribution in [0.1, 0.15) is 35.6 Å². The van der Waals surface area contributed by atoms with E-state index in [1.807, 2.05) is 25.1 Å². The predicted octanol–water partition coefficient (Wildman–Crippen LogP) is 5.98. The number of rotatable bonds is 5. The highest BCUT2D eigenvalue weighted by molar-refractivity contribution is 8.00. The van der Waals surface area contributed by atoms with E-state index in [1.165, 1.54) is 33.8 Å². The lowest BCUT2D eigenvalue weighted by Crippen LogP contribution is -2.24. The van der Waals surface area contributed by atoms with Crippen molar-refractivity contribution < 1.29 is 4.79 Å². The molecular formula is C23H26N2OS. The van der Waals surface area contributed by atoms with Gasteiger partial charge in [0.25, 0.3) is 0 Å². The number of nitrogens with one attached hydrogen (secondary N) is 1. The van der Waals surface area contributed by atoms with Gasteiger partial charge < -0.3 is 5.32 Å². The molecule has 0 bridgehead atoms. The molecule has 3 nitrogen and oxygen atoms in total. The van der Waals surface area contributed by atoms with E-state index in [0.717, 1.165) is 28.2 Å². The number of thioether (sulfide) groups is 1. The maximum atomic E-state index is 12.8. The zero-order chi connectivity index (χ0) is 19.6. The lowest BCUT2D eigenvalue weighted by atomic mass is 10.1. The van der Waals surface area contributed by atoms with Crippen molar-refractivity contribution in [3.63, 3.8) is 0 Å². The molecule has 4 heteroatoms. The number of carbonyl (C=O) groups excluding carboxylic acids is 1. The molecule has 1 amide bonds. The molecule has 0 fully saturated rings. The first-order chi connectivity index (χ1) is 12.9. The van der Waals surface area contributed by atoms with Crippen LogP contribution in [-0.4, -0.2) is 16.1 Å². The molecule has 2 aromatic carbocycles. The number of carbonyl (C=O) groups is 1. The highest BCUT2D eigenvalue weighted by Gasteiger charge is 2.19. The van der Waals surface area contributed by atoms with Gasteiger partial charge in [0.15, 0.2) is 0 Å². The number of hydrogen-bond donors (Lipinski definition) is 1. The van der Waals surface area contributed by atoms with Crippen molar-refractivity contribution in [3.8, 4) is 0 Å². The van der Waals surface area contributed by atoms with Gasteiger partial charge in [0.1, 0.15) is 0 Å². The predicted molar refractivity (Wildman–Crippen MR) is 116 cm³/mol. The molecular weight excluding hydrogens is 352 g/mol. The zero-order valence-electron chi connectivity index (χ0n) is 16.6. The van der Waals surface area contributed by atoms with E-state index in [2.05, 4.69) is 57.3 Å². The van der Waals surface area contributed by atoms with E-state index in [0.29, 0.717) is 0 Å². The summed E-state index contributed by atoms with van der Waals surface area (Å²) in [5.74, 6) is 0.0232. The number of para-hydroxylation sites is 1. The first-order valence-corrected chi connectivity index (χ1v) is 10.2. The monoisotopic (exact) mass is 378 g/mol. The number of benzene rings is 2. The van der Waals surface area contributed by atoms with Gasteiger partial charge in [-0.05, 0) is 74.6 Å². The molecule has 0 aliphatic carbocycles. The lowest BCUT2D eigenvalue weighted by molar-refractivity contribution is -0.115. The number of fused-ring (bicyclic) bond motifs is 1. The van der Waals surface area contributed by atoms with Crippen LogP contribution in [-0.2, 0) is 4.79 Å². The fourth-order valence-electron chi connectivity index (χ4n) is 3.10. The van der Waals surface area contributed by atoms with Crippen molar-refractivity contribution >= 4 is 34.3 Å². The smallest absolute Gasteiger partial charge is 0.237 e. The molecule has 1 N–H and O–H groups in total. The van der Waals surface area contributed by atoms with Crippen LogP contribution >= 0.6 is 11.8 Å². The van der Waals surface area contributed by atoms with Crippen LogP contribution in [0.2, 0.25) is 0 Å². The summed E-state index contributed by atoms with van der Waals surface area (Å²) in [4.78, 5) is 17.6.